The Morgan fingerprint density at radius 2 is 1.86 bits per heavy atom. The van der Waals surface area contributed by atoms with E-state index in [1.54, 1.807) is 0 Å². The van der Waals surface area contributed by atoms with E-state index in [1.165, 1.54) is 67.1 Å². The van der Waals surface area contributed by atoms with Gasteiger partial charge in [0, 0.05) is 27.4 Å². The maximum atomic E-state index is 4.48. The molecule has 35 heavy (non-hydrogen) atoms. The molecule has 1 heteroatoms. The van der Waals surface area contributed by atoms with Crippen LogP contribution in [-0.2, 0) is 6.42 Å². The van der Waals surface area contributed by atoms with Gasteiger partial charge in [0.05, 0.1) is 11.0 Å². The molecule has 0 saturated heterocycles. The lowest BCUT2D eigenvalue weighted by Gasteiger charge is -2.15. The number of unbranched alkanes of at least 4 members (excludes halogenated alkanes) is 1. The molecular formula is C34H31N. The fourth-order valence-electron chi connectivity index (χ4n) is 5.86. The minimum atomic E-state index is 1.05. The average molecular weight is 454 g/mol. The molecule has 0 N–H and O–H groups in total. The van der Waals surface area contributed by atoms with Crippen LogP contribution in [-0.4, -0.2) is 4.40 Å². The lowest BCUT2D eigenvalue weighted by Crippen LogP contribution is -1.96. The van der Waals surface area contributed by atoms with Crippen LogP contribution in [0.4, 0.5) is 0 Å². The van der Waals surface area contributed by atoms with E-state index in [0.29, 0.717) is 0 Å². The maximum Gasteiger partial charge on any atom is 0.0623 e. The molecule has 172 valence electrons. The molecule has 0 unspecified atom stereocenters. The average Bonchev–Trinajstić information content (AvgIpc) is 3.40. The zero-order valence-electron chi connectivity index (χ0n) is 20.6. The molecule has 3 aromatic carbocycles. The summed E-state index contributed by atoms with van der Waals surface area (Å²) in [6.07, 6.45) is 17.7. The van der Waals surface area contributed by atoms with Crippen molar-refractivity contribution < 1.29 is 0 Å². The highest BCUT2D eigenvalue weighted by atomic mass is 14.9. The molecule has 0 radical (unpaired) electrons. The second-order valence-corrected chi connectivity index (χ2v) is 9.64. The number of rotatable bonds is 6. The predicted octanol–water partition coefficient (Wildman–Crippen LogP) is 9.54. The summed E-state index contributed by atoms with van der Waals surface area (Å²) in [5.41, 5.74) is 11.6. The molecule has 2 aromatic heterocycles. The molecule has 1 aliphatic rings. The van der Waals surface area contributed by atoms with Gasteiger partial charge in [-0.1, -0.05) is 105 Å². The van der Waals surface area contributed by atoms with Gasteiger partial charge >= 0.3 is 0 Å². The summed E-state index contributed by atoms with van der Waals surface area (Å²) in [6.45, 7) is 8.88. The summed E-state index contributed by atoms with van der Waals surface area (Å²) in [6, 6.07) is 20.2. The van der Waals surface area contributed by atoms with Gasteiger partial charge in [-0.15, -0.1) is 0 Å². The molecule has 0 fully saturated rings. The molecule has 1 aliphatic carbocycles. The highest BCUT2D eigenvalue weighted by Gasteiger charge is 2.24. The summed E-state index contributed by atoms with van der Waals surface area (Å²) in [5.74, 6) is 0. The quantitative estimate of drug-likeness (QED) is 0.225. The van der Waals surface area contributed by atoms with Crippen molar-refractivity contribution in [3.05, 3.63) is 114 Å². The van der Waals surface area contributed by atoms with E-state index in [1.807, 2.05) is 0 Å². The standard InChI is InChI=1S/C34H31N/c1-4-5-6-7-8-14-23(2)32-24(3)15-13-18-26(32)27-21-22-28-25-16-9-11-19-30(25)35-31-20-12-10-17-29(31)33(27)34(28)35/h6-10,12-18,20-22H,2,4-5,11,19H2,1,3H3/b7-6-,14-8-. The van der Waals surface area contributed by atoms with Gasteiger partial charge in [-0.2, -0.15) is 0 Å². The number of benzene rings is 3. The summed E-state index contributed by atoms with van der Waals surface area (Å²) < 4.78 is 2.53. The van der Waals surface area contributed by atoms with Crippen LogP contribution in [0.3, 0.4) is 0 Å². The third-order valence-electron chi connectivity index (χ3n) is 7.40. The molecule has 0 spiro atoms. The van der Waals surface area contributed by atoms with Gasteiger partial charge < -0.3 is 4.40 Å². The number of hydrogen-bond acceptors (Lipinski definition) is 0. The Bertz CT molecular complexity index is 1670. The van der Waals surface area contributed by atoms with Gasteiger partial charge in [0.25, 0.3) is 0 Å². The van der Waals surface area contributed by atoms with Gasteiger partial charge in [0.2, 0.25) is 0 Å². The monoisotopic (exact) mass is 453 g/mol. The lowest BCUT2D eigenvalue weighted by molar-refractivity contribution is 0.926. The fourth-order valence-corrected chi connectivity index (χ4v) is 5.86. The van der Waals surface area contributed by atoms with E-state index < -0.39 is 0 Å². The van der Waals surface area contributed by atoms with Crippen molar-refractivity contribution in [2.24, 2.45) is 0 Å². The first-order valence-corrected chi connectivity index (χ1v) is 12.8. The zero-order valence-corrected chi connectivity index (χ0v) is 20.6. The van der Waals surface area contributed by atoms with Crippen LogP contribution in [0.15, 0.2) is 91.6 Å². The molecule has 0 saturated carbocycles. The van der Waals surface area contributed by atoms with Crippen molar-refractivity contribution in [1.82, 2.24) is 4.40 Å². The second kappa shape index (κ2) is 8.74. The number of aryl methyl sites for hydroxylation is 2. The first kappa shape index (κ1) is 21.7. The molecule has 6 rings (SSSR count). The molecule has 0 amide bonds. The molecular weight excluding hydrogens is 422 g/mol. The Hall–Kier alpha value is -3.84. The topological polar surface area (TPSA) is 4.41 Å². The molecule has 5 aromatic rings. The number of nitrogens with zero attached hydrogens (tertiary/aromatic N) is 1. The zero-order chi connectivity index (χ0) is 23.9. The van der Waals surface area contributed by atoms with Crippen molar-refractivity contribution in [1.29, 1.82) is 0 Å². The van der Waals surface area contributed by atoms with Gasteiger partial charge in [-0.25, -0.2) is 0 Å². The van der Waals surface area contributed by atoms with Crippen molar-refractivity contribution in [3.63, 3.8) is 0 Å². The third kappa shape index (κ3) is 3.38. The van der Waals surface area contributed by atoms with Crippen LogP contribution in [0.2, 0.25) is 0 Å². The summed E-state index contributed by atoms with van der Waals surface area (Å²) in [4.78, 5) is 0. The SMILES string of the molecule is C=C(/C=C\C=C/CCC)c1c(C)cccc1-c1ccc2c3c(n4c5ccccc5c1c24)CCC=C3. The second-order valence-electron chi connectivity index (χ2n) is 9.64. The summed E-state index contributed by atoms with van der Waals surface area (Å²) in [7, 11) is 0. The number of para-hydroxylation sites is 1. The van der Waals surface area contributed by atoms with Crippen LogP contribution < -0.4 is 0 Å². The van der Waals surface area contributed by atoms with Crippen molar-refractivity contribution in [3.8, 4) is 11.1 Å². The Balaban J connectivity index is 1.62. The van der Waals surface area contributed by atoms with Gasteiger partial charge in [0.1, 0.15) is 0 Å². The summed E-state index contributed by atoms with van der Waals surface area (Å²) >= 11 is 0. The Morgan fingerprint density at radius 1 is 0.971 bits per heavy atom. The first-order chi connectivity index (χ1) is 17.2. The highest BCUT2D eigenvalue weighted by Crippen LogP contribution is 2.45. The van der Waals surface area contributed by atoms with E-state index in [2.05, 4.69) is 116 Å². The number of allylic oxidation sites excluding steroid dienone is 6. The van der Waals surface area contributed by atoms with E-state index in [0.717, 1.165) is 24.8 Å². The Kier molecular flexibility index (Phi) is 5.41. The highest BCUT2D eigenvalue weighted by molar-refractivity contribution is 6.22. The molecule has 1 nitrogen and oxygen atoms in total. The smallest absolute Gasteiger partial charge is 0.0623 e. The van der Waals surface area contributed by atoms with Crippen LogP contribution in [0.5, 0.6) is 0 Å². The number of aromatic nitrogens is 1. The van der Waals surface area contributed by atoms with E-state index in [9.17, 15) is 0 Å². The van der Waals surface area contributed by atoms with Gasteiger partial charge in [-0.05, 0) is 60.1 Å². The van der Waals surface area contributed by atoms with Crippen LogP contribution in [0.25, 0.3) is 50.0 Å². The maximum absolute atomic E-state index is 4.48. The fraction of sp³-hybridized carbons (Fsp3) is 0.176. The van der Waals surface area contributed by atoms with Gasteiger partial charge in [0.15, 0.2) is 0 Å². The normalized spacial score (nSPS) is 13.8. The number of fused-ring (bicyclic) bond motifs is 6. The predicted molar refractivity (Wildman–Crippen MR) is 153 cm³/mol. The van der Waals surface area contributed by atoms with E-state index >= 15 is 0 Å². The minimum Gasteiger partial charge on any atom is -0.312 e. The number of hydrogen-bond donors (Lipinski definition) is 0. The van der Waals surface area contributed by atoms with Crippen LogP contribution in [0, 0.1) is 6.92 Å². The Morgan fingerprint density at radius 3 is 2.74 bits per heavy atom. The van der Waals surface area contributed by atoms with Gasteiger partial charge in [-0.3, -0.25) is 0 Å². The molecule has 0 bridgehead atoms. The lowest BCUT2D eigenvalue weighted by atomic mass is 9.88. The Labute approximate surface area is 207 Å². The molecule has 0 atom stereocenters. The molecule has 2 heterocycles. The third-order valence-corrected chi connectivity index (χ3v) is 7.40. The van der Waals surface area contributed by atoms with Crippen LogP contribution >= 0.6 is 0 Å². The largest absolute Gasteiger partial charge is 0.312 e. The van der Waals surface area contributed by atoms with E-state index in [4.69, 9.17) is 0 Å². The molecule has 0 aliphatic heterocycles. The van der Waals surface area contributed by atoms with E-state index in [-0.39, 0.29) is 0 Å². The first-order valence-electron chi connectivity index (χ1n) is 12.8. The van der Waals surface area contributed by atoms with Crippen molar-refractivity contribution in [2.45, 2.75) is 39.5 Å². The summed E-state index contributed by atoms with van der Waals surface area (Å²) in [5, 5.41) is 4.05. The minimum absolute atomic E-state index is 1.05. The van der Waals surface area contributed by atoms with Crippen molar-refractivity contribution in [2.75, 3.05) is 0 Å². The van der Waals surface area contributed by atoms with Crippen molar-refractivity contribution >= 4 is 38.8 Å². The van der Waals surface area contributed by atoms with Crippen LogP contribution in [0.1, 0.15) is 48.6 Å².